The zero-order valence-corrected chi connectivity index (χ0v) is 74.1. The average Bonchev–Trinajstić information content (AvgIpc) is 1.72. The second kappa shape index (κ2) is 52.3. The Morgan fingerprint density at radius 1 is 0.455 bits per heavy atom. The van der Waals surface area contributed by atoms with E-state index >= 15 is 0 Å². The lowest BCUT2D eigenvalue weighted by Crippen LogP contribution is -2.40. The van der Waals surface area contributed by atoms with Gasteiger partial charge in [0, 0.05) is 74.3 Å². The smallest absolute Gasteiger partial charge is 0.402 e. The summed E-state index contributed by atoms with van der Waals surface area (Å²) in [6, 6.07) is 41.6. The Morgan fingerprint density at radius 3 is 1.19 bits per heavy atom. The molecule has 6 aliphatic heterocycles. The first-order valence-corrected chi connectivity index (χ1v) is 45.3. The molecule has 0 radical (unpaired) electrons. The van der Waals surface area contributed by atoms with E-state index in [1.807, 2.05) is 43.0 Å². The van der Waals surface area contributed by atoms with Crippen LogP contribution in [0.1, 0.15) is 59.1 Å². The second-order valence-corrected chi connectivity index (χ2v) is 36.1. The summed E-state index contributed by atoms with van der Waals surface area (Å²) in [5, 5.41) is -0.240. The Hall–Kier alpha value is -7.58. The number of alkyl halides is 3. The van der Waals surface area contributed by atoms with Crippen molar-refractivity contribution in [1.29, 1.82) is 0 Å². The van der Waals surface area contributed by atoms with E-state index in [0.29, 0.717) is 85.6 Å². The third-order valence-corrected chi connectivity index (χ3v) is 25.1. The van der Waals surface area contributed by atoms with Gasteiger partial charge in [-0.1, -0.05) is 82.4 Å². The van der Waals surface area contributed by atoms with E-state index in [4.69, 9.17) is 66.3 Å². The van der Waals surface area contributed by atoms with Gasteiger partial charge in [-0.25, -0.2) is 27.6 Å². The van der Waals surface area contributed by atoms with Gasteiger partial charge in [-0.2, -0.15) is 13.2 Å². The van der Waals surface area contributed by atoms with E-state index in [0.717, 1.165) is 101 Å². The molecule has 0 saturated carbocycles. The van der Waals surface area contributed by atoms with Crippen molar-refractivity contribution in [3.05, 3.63) is 231 Å². The molecule has 121 heavy (non-hydrogen) atoms. The van der Waals surface area contributed by atoms with Gasteiger partial charge in [0.25, 0.3) is 0 Å². The van der Waals surface area contributed by atoms with Crippen molar-refractivity contribution in [3.8, 4) is 5.75 Å². The highest BCUT2D eigenvalue weighted by atomic mass is 32.2. The normalized spacial score (nSPS) is 17.9. The number of epoxide rings is 6. The van der Waals surface area contributed by atoms with Crippen LogP contribution in [0.4, 0.5) is 13.2 Å². The van der Waals surface area contributed by atoms with Gasteiger partial charge in [0.15, 0.2) is 0 Å². The van der Waals surface area contributed by atoms with Crippen molar-refractivity contribution in [2.24, 2.45) is 0 Å². The van der Waals surface area contributed by atoms with Gasteiger partial charge >= 0.3 is 30.1 Å². The Morgan fingerprint density at radius 2 is 0.802 bits per heavy atom. The third-order valence-electron chi connectivity index (χ3n) is 17.0. The summed E-state index contributed by atoms with van der Waals surface area (Å²) in [6.07, 6.45) is 0.500. The van der Waals surface area contributed by atoms with Crippen LogP contribution in [-0.2, 0) is 106 Å². The Bertz CT molecular complexity index is 4470. The highest BCUT2D eigenvalue weighted by Crippen LogP contribution is 2.47. The number of thioether (sulfide) groups is 5. The highest BCUT2D eigenvalue weighted by Gasteiger charge is 2.53. The Kier molecular flexibility index (Phi) is 43.4. The second-order valence-electron chi connectivity index (χ2n) is 27.6. The number of hydrogen-bond donors (Lipinski definition) is 0. The van der Waals surface area contributed by atoms with Crippen LogP contribution in [0.25, 0.3) is 0 Å². The molecule has 6 aromatic carbocycles. The van der Waals surface area contributed by atoms with Gasteiger partial charge in [0.2, 0.25) is 20.1 Å². The number of carbonyl (C=O) groups is 6. The van der Waals surface area contributed by atoms with Gasteiger partial charge < -0.3 is 66.3 Å². The lowest BCUT2D eigenvalue weighted by Gasteiger charge is -2.33. The summed E-state index contributed by atoms with van der Waals surface area (Å²) in [5.74, 6) is 1.26. The van der Waals surface area contributed by atoms with Gasteiger partial charge in [0.05, 0.1) is 120 Å². The molecule has 8 atom stereocenters. The maximum Gasteiger partial charge on any atom is 0.402 e. The van der Waals surface area contributed by atoms with Gasteiger partial charge in [-0.3, -0.25) is 9.59 Å². The Labute approximate surface area is 731 Å². The van der Waals surface area contributed by atoms with E-state index < -0.39 is 27.4 Å². The molecule has 6 aromatic rings. The minimum Gasteiger partial charge on any atom is -0.460 e. The van der Waals surface area contributed by atoms with Crippen LogP contribution in [0.2, 0.25) is 0 Å². The maximum atomic E-state index is 14.2. The largest absolute Gasteiger partial charge is 0.460 e. The fraction of sp³-hybridized carbons (Fsp3) is 0.393. The van der Waals surface area contributed by atoms with Gasteiger partial charge in [0.1, 0.15) is 49.3 Å². The van der Waals surface area contributed by atoms with Crippen LogP contribution in [0, 0.1) is 0 Å². The molecule has 0 aromatic heterocycles. The molecule has 0 aliphatic carbocycles. The molecular formula is C89H103F3O22S7. The minimum atomic E-state index is -4.48. The molecule has 22 nitrogen and oxygen atoms in total. The third kappa shape index (κ3) is 39.9. The van der Waals surface area contributed by atoms with E-state index in [2.05, 4.69) is 63.7 Å². The number of hydrogen-bond acceptors (Lipinski definition) is 28. The SMILES string of the molecule is C=C(C)C(=O)OCC(CC)OCC1CO1.C=C(C)C(=O)OCCOCC1CO1.C=C(C)C(=O)OCCOCCOCC1CO1.C=C(C)C(=O)Sc1ccc(C(C)(c2ccc(SCC3CO3)cc2)C(F)(F)F)cc1.C=CC(=O)Oc1ccc(S(=O)(=O)c2ccc(SCC3CO3)cc2)cc1.C=CC(=O)Sc1ccc(Sc2ccc(SCC3CO3)cc2)cc1. The lowest BCUT2D eigenvalue weighted by atomic mass is 9.75. The lowest BCUT2D eigenvalue weighted by molar-refractivity contribution is -0.173. The van der Waals surface area contributed by atoms with E-state index in [1.54, 1.807) is 112 Å². The molecule has 8 unspecified atom stereocenters. The number of rotatable bonds is 43. The van der Waals surface area contributed by atoms with Crippen molar-refractivity contribution in [3.63, 3.8) is 0 Å². The van der Waals surface area contributed by atoms with Crippen molar-refractivity contribution < 1.29 is 117 Å². The van der Waals surface area contributed by atoms with Crippen LogP contribution >= 0.6 is 70.6 Å². The van der Waals surface area contributed by atoms with E-state index in [1.165, 1.54) is 83.1 Å². The summed E-state index contributed by atoms with van der Waals surface area (Å²) < 4.78 is 139. The predicted molar refractivity (Wildman–Crippen MR) is 464 cm³/mol. The molecule has 32 heteroatoms. The number of halogens is 3. The zero-order valence-electron chi connectivity index (χ0n) is 68.4. The molecule has 0 amide bonds. The van der Waals surface area contributed by atoms with Crippen LogP contribution in [0.5, 0.6) is 5.75 Å². The fourth-order valence-electron chi connectivity index (χ4n) is 9.25. The molecule has 6 heterocycles. The molecule has 6 aliphatic rings. The first kappa shape index (κ1) is 101. The van der Waals surface area contributed by atoms with Crippen molar-refractivity contribution in [1.82, 2.24) is 0 Å². The van der Waals surface area contributed by atoms with Crippen molar-refractivity contribution in [2.45, 2.75) is 146 Å². The number of sulfone groups is 1. The van der Waals surface area contributed by atoms with Crippen LogP contribution in [0.15, 0.2) is 264 Å². The van der Waals surface area contributed by atoms with Gasteiger partial charge in [-0.15, -0.1) is 35.3 Å². The predicted octanol–water partition coefficient (Wildman–Crippen LogP) is 16.8. The van der Waals surface area contributed by atoms with Crippen LogP contribution in [-0.4, -0.2) is 214 Å². The van der Waals surface area contributed by atoms with Crippen molar-refractivity contribution >= 4 is 115 Å². The fourth-order valence-corrected chi connectivity index (χ4v) is 15.3. The number of carbonyl (C=O) groups excluding carboxylic acids is 6. The molecular weight excluding hydrogens is 1700 g/mol. The highest BCUT2D eigenvalue weighted by molar-refractivity contribution is 8.14. The average molecular weight is 1810 g/mol. The number of benzene rings is 6. The first-order valence-electron chi connectivity index (χ1n) is 38.4. The summed E-state index contributed by atoms with van der Waals surface area (Å²) in [6.45, 7) is 39.7. The number of esters is 4. The maximum absolute atomic E-state index is 14.2. The summed E-state index contributed by atoms with van der Waals surface area (Å²) in [7, 11) is -3.62. The summed E-state index contributed by atoms with van der Waals surface area (Å²) in [4.78, 5) is 74.6. The van der Waals surface area contributed by atoms with Crippen LogP contribution in [0.3, 0.4) is 0 Å². The monoisotopic (exact) mass is 1800 g/mol. The first-order chi connectivity index (χ1) is 57.8. The summed E-state index contributed by atoms with van der Waals surface area (Å²) >= 11 is 8.92. The standard InChI is InChI=1S/C22H21F3O2S2.C18H16O5S2.C18H16O2S3.C11H18O5.C11H18O4.C9H14O4/c1-14(2)20(26)29-19-10-6-16(7-11-19)21(3,22(23,24)25)15-4-8-18(9-5-15)28-13-17-12-27-17;1-2-18(19)23-13-3-7-16(8-4-13)25(20,21)17-9-5-15(6-10-17)24-12-14-11-22-14;1-2-18(19)23-17-9-7-16(8-10-17)22-15-5-3-14(4-6-15)21-12-13-11-20-13;1-9(2)11(12)15-6-5-13-3-4-14-7-10-8-16-10;1-4-9(13-6-10-7-14-10)5-15-11(12)8(2)3;1-7(2)9(10)12-4-3-11-5-8-6-13-8/h4-11,17H,1,12-13H2,2-3H3;2-10,14H,1,11-12H2;2-10,13H,1,11-12H2;10H,1,3-8H2,2H3;9-10H,2,4-7H2,1,3H3;8H,1,3-6H2,2H3. The quantitative estimate of drug-likeness (QED) is 0.00653. The molecule has 0 spiro atoms. The molecule has 0 N–H and O–H groups in total. The van der Waals surface area contributed by atoms with Crippen LogP contribution < -0.4 is 4.74 Å². The minimum absolute atomic E-state index is 0.0323. The molecule has 654 valence electrons. The van der Waals surface area contributed by atoms with E-state index in [-0.39, 0.29) is 105 Å². The molecule has 12 rings (SSSR count). The summed E-state index contributed by atoms with van der Waals surface area (Å²) in [5.41, 5.74) is -0.240. The van der Waals surface area contributed by atoms with Crippen molar-refractivity contribution in [2.75, 3.05) is 123 Å². The molecule has 0 bridgehead atoms. The number of ether oxygens (including phenoxy) is 14. The van der Waals surface area contributed by atoms with E-state index in [9.17, 15) is 50.4 Å². The van der Waals surface area contributed by atoms with Gasteiger partial charge in [-0.05, 0) is 209 Å². The Balaban J connectivity index is 0.000000204. The molecule has 6 fully saturated rings. The topological polar surface area (TPSA) is 286 Å². The zero-order chi connectivity index (χ0) is 87.9. The molecule has 6 saturated heterocycles.